The number of benzene rings is 3. The van der Waals surface area contributed by atoms with Crippen LogP contribution in [0.4, 0.5) is 10.5 Å². The van der Waals surface area contributed by atoms with Crippen LogP contribution in [-0.4, -0.2) is 53.2 Å². The first-order valence-corrected chi connectivity index (χ1v) is 16.4. The van der Waals surface area contributed by atoms with Crippen LogP contribution >= 0.6 is 0 Å². The van der Waals surface area contributed by atoms with E-state index in [1.165, 1.54) is 12.1 Å². The third kappa shape index (κ3) is 11.6. The first-order chi connectivity index (χ1) is 22.3. The molecule has 9 heteroatoms. The molecule has 3 N–H and O–H groups in total. The van der Waals surface area contributed by atoms with E-state index in [4.69, 9.17) is 9.47 Å². The highest BCUT2D eigenvalue weighted by Crippen LogP contribution is 2.29. The van der Waals surface area contributed by atoms with Gasteiger partial charge in [-0.3, -0.25) is 9.59 Å². The summed E-state index contributed by atoms with van der Waals surface area (Å²) in [5, 5.41) is 15.7. The zero-order chi connectivity index (χ0) is 34.6. The molecule has 0 bridgehead atoms. The number of alkyl carbamates (subject to hydrolysis) is 1. The Bertz CT molecular complexity index is 1460. The van der Waals surface area contributed by atoms with Gasteiger partial charge in [0.15, 0.2) is 0 Å². The van der Waals surface area contributed by atoms with E-state index in [9.17, 15) is 19.5 Å². The maximum absolute atomic E-state index is 14.8. The Hall–Kier alpha value is -4.53. The predicted molar refractivity (Wildman–Crippen MR) is 186 cm³/mol. The van der Waals surface area contributed by atoms with Crippen LogP contribution in [0, 0.1) is 13.8 Å². The molecule has 0 aliphatic carbocycles. The summed E-state index contributed by atoms with van der Waals surface area (Å²) in [6, 6.07) is 17.4. The first kappa shape index (κ1) is 36.9. The van der Waals surface area contributed by atoms with Crippen molar-refractivity contribution >= 4 is 23.6 Å². The van der Waals surface area contributed by atoms with Crippen LogP contribution in [0.5, 0.6) is 11.5 Å². The third-order valence-corrected chi connectivity index (χ3v) is 7.80. The number of rotatable bonds is 15. The lowest BCUT2D eigenvalue weighted by atomic mass is 9.95. The highest BCUT2D eigenvalue weighted by atomic mass is 16.6. The molecule has 3 aromatic rings. The topological polar surface area (TPSA) is 117 Å². The van der Waals surface area contributed by atoms with Crippen LogP contribution in [0.25, 0.3) is 0 Å². The fourth-order valence-electron chi connectivity index (χ4n) is 5.36. The number of carbonyl (C=O) groups excluding carboxylic acids is 3. The number of anilines is 1. The van der Waals surface area contributed by atoms with E-state index in [0.717, 1.165) is 42.4 Å². The minimum Gasteiger partial charge on any atom is -0.508 e. The van der Waals surface area contributed by atoms with E-state index >= 15 is 0 Å². The zero-order valence-corrected chi connectivity index (χ0v) is 28.9. The largest absolute Gasteiger partial charge is 0.508 e. The molecule has 0 heterocycles. The molecule has 0 aliphatic heterocycles. The Balaban J connectivity index is 2.10. The van der Waals surface area contributed by atoms with E-state index in [1.807, 2.05) is 32.0 Å². The normalized spacial score (nSPS) is 12.5. The molecule has 0 aliphatic rings. The molecule has 254 valence electrons. The molecule has 0 aromatic heterocycles. The summed E-state index contributed by atoms with van der Waals surface area (Å²) in [5.41, 5.74) is 3.04. The molecular weight excluding hydrogens is 594 g/mol. The van der Waals surface area contributed by atoms with Gasteiger partial charge in [-0.25, -0.2) is 4.79 Å². The molecule has 3 rings (SSSR count). The molecule has 3 aromatic carbocycles. The Labute approximate surface area is 279 Å². The highest BCUT2D eigenvalue weighted by Gasteiger charge is 2.37. The van der Waals surface area contributed by atoms with Gasteiger partial charge in [0, 0.05) is 18.7 Å². The number of methoxy groups -OCH3 is 1. The Morgan fingerprint density at radius 2 is 1.55 bits per heavy atom. The number of hydrogen-bond acceptors (Lipinski definition) is 6. The summed E-state index contributed by atoms with van der Waals surface area (Å²) in [5.74, 6) is -0.0273. The van der Waals surface area contributed by atoms with Crippen LogP contribution in [0.2, 0.25) is 0 Å². The molecule has 0 saturated heterocycles. The number of aryl methyl sites for hydroxylation is 2. The monoisotopic (exact) mass is 645 g/mol. The number of phenols is 1. The number of nitrogens with one attached hydrogen (secondary N) is 2. The molecule has 9 nitrogen and oxygen atoms in total. The smallest absolute Gasteiger partial charge is 0.408 e. The predicted octanol–water partition coefficient (Wildman–Crippen LogP) is 7.63. The SMILES string of the molecule is CCCCCCCN(C(=O)C(Cc1ccc(O)cc1)NC(=O)OC(C)(C)C)C(C(=O)Nc1ccc(OC)cc1)c1cc(C)ccc1C. The maximum Gasteiger partial charge on any atom is 0.408 e. The second-order valence-electron chi connectivity index (χ2n) is 13.0. The number of amides is 3. The van der Waals surface area contributed by atoms with E-state index in [1.54, 1.807) is 69.2 Å². The molecule has 2 unspecified atom stereocenters. The van der Waals surface area contributed by atoms with Crippen molar-refractivity contribution in [3.63, 3.8) is 0 Å². The van der Waals surface area contributed by atoms with Crippen LogP contribution in [0.15, 0.2) is 66.7 Å². The van der Waals surface area contributed by atoms with Crippen molar-refractivity contribution in [1.29, 1.82) is 0 Å². The average molecular weight is 646 g/mol. The minimum atomic E-state index is -1.05. The molecule has 0 radical (unpaired) electrons. The van der Waals surface area contributed by atoms with Crippen LogP contribution in [0.3, 0.4) is 0 Å². The lowest BCUT2D eigenvalue weighted by molar-refractivity contribution is -0.140. The summed E-state index contributed by atoms with van der Waals surface area (Å²) < 4.78 is 10.8. The standard InChI is InChI=1S/C38H51N3O6/c1-8-9-10-11-12-23-41(36(44)33(40-37(45)47-38(4,5)6)25-28-15-19-30(42)20-16-28)34(32-24-26(2)13-14-27(32)3)35(43)39-29-17-21-31(46-7)22-18-29/h13-22,24,33-34,42H,8-12,23,25H2,1-7H3,(H,39,43)(H,40,45). The summed E-state index contributed by atoms with van der Waals surface area (Å²) in [6.45, 7) is 11.6. The fraction of sp³-hybridized carbons (Fsp3) is 0.447. The number of unbranched alkanes of at least 4 members (excludes halogenated alkanes) is 4. The van der Waals surface area contributed by atoms with Crippen molar-refractivity contribution in [2.75, 3.05) is 19.0 Å². The molecular formula is C38H51N3O6. The Kier molecular flexibility index (Phi) is 13.7. The van der Waals surface area contributed by atoms with Crippen LogP contribution in [0.1, 0.15) is 88.1 Å². The van der Waals surface area contributed by atoms with Gasteiger partial charge in [0.1, 0.15) is 29.2 Å². The number of aromatic hydroxyl groups is 1. The number of nitrogens with zero attached hydrogens (tertiary/aromatic N) is 1. The van der Waals surface area contributed by atoms with Crippen LogP contribution < -0.4 is 15.4 Å². The Morgan fingerprint density at radius 3 is 2.17 bits per heavy atom. The van der Waals surface area contributed by atoms with Crippen molar-refractivity contribution in [3.05, 3.63) is 89.0 Å². The maximum atomic E-state index is 14.8. The van der Waals surface area contributed by atoms with E-state index < -0.39 is 29.7 Å². The minimum absolute atomic E-state index is 0.0932. The fourth-order valence-corrected chi connectivity index (χ4v) is 5.36. The van der Waals surface area contributed by atoms with Crippen molar-refractivity contribution in [3.8, 4) is 11.5 Å². The number of carbonyl (C=O) groups is 3. The van der Waals surface area contributed by atoms with Crippen molar-refractivity contribution in [2.45, 2.75) is 97.8 Å². The summed E-state index contributed by atoms with van der Waals surface area (Å²) in [4.78, 5) is 43.9. The number of ether oxygens (including phenoxy) is 2. The van der Waals surface area contributed by atoms with Crippen molar-refractivity contribution < 1.29 is 29.0 Å². The van der Waals surface area contributed by atoms with Gasteiger partial charge < -0.3 is 30.1 Å². The second-order valence-corrected chi connectivity index (χ2v) is 13.0. The molecule has 3 amide bonds. The van der Waals surface area contributed by atoms with E-state index in [2.05, 4.69) is 17.6 Å². The van der Waals surface area contributed by atoms with Gasteiger partial charge in [-0.15, -0.1) is 0 Å². The highest BCUT2D eigenvalue weighted by molar-refractivity contribution is 5.99. The van der Waals surface area contributed by atoms with Gasteiger partial charge in [-0.2, -0.15) is 0 Å². The number of hydrogen-bond donors (Lipinski definition) is 3. The van der Waals surface area contributed by atoms with Crippen LogP contribution in [-0.2, 0) is 20.7 Å². The summed E-state index contributed by atoms with van der Waals surface area (Å²) in [6.07, 6.45) is 4.13. The van der Waals surface area contributed by atoms with Gasteiger partial charge in [0.05, 0.1) is 7.11 Å². The lowest BCUT2D eigenvalue weighted by Gasteiger charge is -2.35. The second kappa shape index (κ2) is 17.4. The first-order valence-electron chi connectivity index (χ1n) is 16.4. The Morgan fingerprint density at radius 1 is 0.894 bits per heavy atom. The van der Waals surface area contributed by atoms with Gasteiger partial charge in [-0.05, 0) is 94.1 Å². The molecule has 0 spiro atoms. The molecule has 0 saturated carbocycles. The van der Waals surface area contributed by atoms with Crippen molar-refractivity contribution in [2.24, 2.45) is 0 Å². The van der Waals surface area contributed by atoms with Gasteiger partial charge in [0.25, 0.3) is 5.91 Å². The summed E-state index contributed by atoms with van der Waals surface area (Å²) in [7, 11) is 1.58. The lowest BCUT2D eigenvalue weighted by Crippen LogP contribution is -2.53. The van der Waals surface area contributed by atoms with E-state index in [-0.39, 0.29) is 18.1 Å². The average Bonchev–Trinajstić information content (AvgIpc) is 3.01. The molecule has 47 heavy (non-hydrogen) atoms. The van der Waals surface area contributed by atoms with Crippen molar-refractivity contribution in [1.82, 2.24) is 10.2 Å². The van der Waals surface area contributed by atoms with Gasteiger partial charge >= 0.3 is 6.09 Å². The van der Waals surface area contributed by atoms with Gasteiger partial charge in [0.2, 0.25) is 5.91 Å². The third-order valence-electron chi connectivity index (χ3n) is 7.80. The quantitative estimate of drug-likeness (QED) is 0.146. The molecule has 0 fully saturated rings. The zero-order valence-electron chi connectivity index (χ0n) is 28.9. The summed E-state index contributed by atoms with van der Waals surface area (Å²) >= 11 is 0. The van der Waals surface area contributed by atoms with Gasteiger partial charge in [-0.1, -0.05) is 68.5 Å². The van der Waals surface area contributed by atoms with E-state index in [0.29, 0.717) is 30.0 Å². The number of phenolic OH excluding ortho intramolecular Hbond substituents is 1. The molecule has 2 atom stereocenters.